The maximum absolute atomic E-state index is 14.0. The molecule has 1 saturated carbocycles. The molecule has 0 bridgehead atoms. The van der Waals surface area contributed by atoms with Gasteiger partial charge < -0.3 is 4.90 Å². The highest BCUT2D eigenvalue weighted by Gasteiger charge is 2.38. The maximum Gasteiger partial charge on any atom is 0.243 e. The number of hydrogen-bond donors (Lipinski definition) is 0. The minimum atomic E-state index is -3.80. The zero-order valence-corrected chi connectivity index (χ0v) is 22.7. The molecule has 1 atom stereocenters. The van der Waals surface area contributed by atoms with Crippen molar-refractivity contribution in [2.75, 3.05) is 13.1 Å². The van der Waals surface area contributed by atoms with Crippen LogP contribution in [0.4, 0.5) is 0 Å². The second-order valence-electron chi connectivity index (χ2n) is 10.1. The molecule has 1 fully saturated rings. The van der Waals surface area contributed by atoms with Gasteiger partial charge in [0.1, 0.15) is 0 Å². The molecule has 1 aliphatic heterocycles. The average molecular weight is 523 g/mol. The van der Waals surface area contributed by atoms with Gasteiger partial charge in [0.2, 0.25) is 15.9 Å². The van der Waals surface area contributed by atoms with Crippen LogP contribution in [0.3, 0.4) is 0 Å². The molecular weight excluding hydrogens is 488 g/mol. The summed E-state index contributed by atoms with van der Waals surface area (Å²) in [5.74, 6) is -0.124. The van der Waals surface area contributed by atoms with Gasteiger partial charge in [0.05, 0.1) is 17.5 Å². The number of aryl methyl sites for hydroxylation is 2. The first-order chi connectivity index (χ1) is 17.4. The van der Waals surface area contributed by atoms with Crippen molar-refractivity contribution in [3.05, 3.63) is 87.1 Å². The number of hydrogen-bond acceptors (Lipinski definition) is 4. The average Bonchev–Trinajstić information content (AvgIpc) is 3.37. The van der Waals surface area contributed by atoms with Crippen LogP contribution in [0.2, 0.25) is 0 Å². The lowest BCUT2D eigenvalue weighted by molar-refractivity contribution is -0.134. The lowest BCUT2D eigenvalue weighted by atomic mass is 9.90. The molecule has 2 aromatic carbocycles. The number of carbonyl (C=O) groups is 1. The third-order valence-corrected chi connectivity index (χ3v) is 10.6. The van der Waals surface area contributed by atoms with Gasteiger partial charge in [-0.15, -0.1) is 11.3 Å². The van der Waals surface area contributed by atoms with Crippen LogP contribution in [0.25, 0.3) is 0 Å². The fourth-order valence-electron chi connectivity index (χ4n) is 5.66. The number of benzene rings is 2. The lowest BCUT2D eigenvalue weighted by Crippen LogP contribution is -2.50. The summed E-state index contributed by atoms with van der Waals surface area (Å²) in [6, 6.07) is 17.0. The Morgan fingerprint density at radius 1 is 0.972 bits per heavy atom. The van der Waals surface area contributed by atoms with Crippen molar-refractivity contribution in [3.63, 3.8) is 0 Å². The molecule has 1 aromatic heterocycles. The number of carbonyl (C=O) groups excluding carboxylic acids is 1. The van der Waals surface area contributed by atoms with E-state index in [1.165, 1.54) is 14.7 Å². The van der Waals surface area contributed by atoms with Crippen LogP contribution in [0.1, 0.15) is 65.3 Å². The zero-order valence-electron chi connectivity index (χ0n) is 21.0. The zero-order chi connectivity index (χ0) is 25.3. The van der Waals surface area contributed by atoms with Crippen LogP contribution in [-0.2, 0) is 21.2 Å². The Morgan fingerprint density at radius 3 is 2.42 bits per heavy atom. The molecule has 36 heavy (non-hydrogen) atoms. The van der Waals surface area contributed by atoms with Crippen molar-refractivity contribution in [3.8, 4) is 0 Å². The van der Waals surface area contributed by atoms with Gasteiger partial charge in [0, 0.05) is 17.5 Å². The van der Waals surface area contributed by atoms with Gasteiger partial charge in [-0.25, -0.2) is 8.42 Å². The number of fused-ring (bicyclic) bond motifs is 1. The molecule has 0 unspecified atom stereocenters. The molecule has 5 rings (SSSR count). The van der Waals surface area contributed by atoms with E-state index in [1.807, 2.05) is 36.1 Å². The van der Waals surface area contributed by atoms with Crippen molar-refractivity contribution in [1.29, 1.82) is 0 Å². The van der Waals surface area contributed by atoms with E-state index in [1.54, 1.807) is 23.5 Å². The first-order valence-electron chi connectivity index (χ1n) is 12.9. The number of nitrogens with zero attached hydrogens (tertiary/aromatic N) is 2. The highest BCUT2D eigenvalue weighted by Crippen LogP contribution is 2.39. The van der Waals surface area contributed by atoms with Crippen LogP contribution in [-0.4, -0.2) is 42.7 Å². The highest BCUT2D eigenvalue weighted by molar-refractivity contribution is 7.89. The van der Waals surface area contributed by atoms with Crippen LogP contribution in [0.5, 0.6) is 0 Å². The molecule has 1 amide bonds. The maximum atomic E-state index is 14.0. The van der Waals surface area contributed by atoms with Crippen molar-refractivity contribution in [2.45, 2.75) is 69.4 Å². The summed E-state index contributed by atoms with van der Waals surface area (Å²) >= 11 is 1.74. The van der Waals surface area contributed by atoms with Crippen LogP contribution in [0, 0.1) is 13.8 Å². The molecule has 0 N–H and O–H groups in total. The quantitative estimate of drug-likeness (QED) is 0.407. The lowest BCUT2D eigenvalue weighted by Gasteiger charge is -2.39. The Balaban J connectivity index is 1.50. The van der Waals surface area contributed by atoms with Crippen molar-refractivity contribution < 1.29 is 13.2 Å². The van der Waals surface area contributed by atoms with Gasteiger partial charge in [-0.05, 0) is 73.4 Å². The van der Waals surface area contributed by atoms with Crippen LogP contribution in [0.15, 0.2) is 64.9 Å². The minimum absolute atomic E-state index is 0.122. The summed E-state index contributed by atoms with van der Waals surface area (Å²) in [7, 11) is -3.80. The number of sulfonamides is 1. The summed E-state index contributed by atoms with van der Waals surface area (Å²) < 4.78 is 29.3. The van der Waals surface area contributed by atoms with E-state index in [0.717, 1.165) is 55.2 Å². The Morgan fingerprint density at radius 2 is 1.69 bits per heavy atom. The van der Waals surface area contributed by atoms with Gasteiger partial charge in [-0.3, -0.25) is 4.79 Å². The largest absolute Gasteiger partial charge is 0.330 e. The van der Waals surface area contributed by atoms with Gasteiger partial charge >= 0.3 is 0 Å². The molecule has 1 aliphatic carbocycles. The highest BCUT2D eigenvalue weighted by atomic mass is 32.2. The molecule has 5 nitrogen and oxygen atoms in total. The summed E-state index contributed by atoms with van der Waals surface area (Å²) in [4.78, 5) is 17.5. The number of amides is 1. The minimum Gasteiger partial charge on any atom is -0.330 e. The molecule has 190 valence electrons. The predicted octanol–water partition coefficient (Wildman–Crippen LogP) is 5.86. The Labute approximate surface area is 218 Å². The summed E-state index contributed by atoms with van der Waals surface area (Å²) in [5.41, 5.74) is 4.42. The second-order valence-corrected chi connectivity index (χ2v) is 12.9. The monoisotopic (exact) mass is 522 g/mol. The first kappa shape index (κ1) is 25.2. The van der Waals surface area contributed by atoms with Crippen LogP contribution >= 0.6 is 11.3 Å². The van der Waals surface area contributed by atoms with Gasteiger partial charge in [-0.2, -0.15) is 4.31 Å². The Bertz CT molecular complexity index is 1320. The first-order valence-corrected chi connectivity index (χ1v) is 15.2. The van der Waals surface area contributed by atoms with E-state index in [9.17, 15) is 13.2 Å². The van der Waals surface area contributed by atoms with E-state index in [2.05, 4.69) is 30.5 Å². The second kappa shape index (κ2) is 10.5. The number of thiophene rings is 1. The molecule has 3 aromatic rings. The van der Waals surface area contributed by atoms with Crippen molar-refractivity contribution >= 4 is 27.3 Å². The summed E-state index contributed by atoms with van der Waals surface area (Å²) in [5, 5.41) is 2.10. The van der Waals surface area contributed by atoms with Crippen LogP contribution < -0.4 is 0 Å². The van der Waals surface area contributed by atoms with E-state index in [-0.39, 0.29) is 29.4 Å². The summed E-state index contributed by atoms with van der Waals surface area (Å²) in [6.45, 7) is 4.49. The van der Waals surface area contributed by atoms with Gasteiger partial charge in [0.25, 0.3) is 0 Å². The van der Waals surface area contributed by atoms with E-state index in [0.29, 0.717) is 6.54 Å². The Kier molecular flexibility index (Phi) is 7.33. The Hall–Kier alpha value is -2.48. The third kappa shape index (κ3) is 4.89. The molecule has 7 heteroatoms. The fourth-order valence-corrected chi connectivity index (χ4v) is 8.20. The van der Waals surface area contributed by atoms with Crippen molar-refractivity contribution in [2.24, 2.45) is 0 Å². The summed E-state index contributed by atoms with van der Waals surface area (Å²) in [6.07, 6.45) is 5.50. The fraction of sp³-hybridized carbons (Fsp3) is 0.414. The molecular formula is C29H34N2O3S2. The SMILES string of the molecule is Cc1ccc(S(=O)(=O)N(CC(=O)N2CCc3sccc3[C@H]2c2ccccc2C)C2CCCCC2)cc1. The smallest absolute Gasteiger partial charge is 0.243 e. The van der Waals surface area contributed by atoms with E-state index < -0.39 is 10.0 Å². The van der Waals surface area contributed by atoms with Crippen molar-refractivity contribution in [1.82, 2.24) is 9.21 Å². The van der Waals surface area contributed by atoms with Gasteiger partial charge in [0.15, 0.2) is 0 Å². The van der Waals surface area contributed by atoms with Gasteiger partial charge in [-0.1, -0.05) is 61.2 Å². The molecule has 2 heterocycles. The number of rotatable bonds is 6. The standard InChI is InChI=1S/C29H34N2O3S2/c1-21-12-14-24(15-13-21)36(33,34)31(23-9-4-3-5-10-23)20-28(32)30-18-16-27-26(17-19-35-27)29(30)25-11-7-6-8-22(25)2/h6-8,11-15,17,19,23,29H,3-5,9-10,16,18,20H2,1-2H3/t29-/m1/s1. The molecule has 2 aliphatic rings. The normalized spacial score (nSPS) is 18.9. The topological polar surface area (TPSA) is 57.7 Å². The molecule has 0 radical (unpaired) electrons. The molecule has 0 saturated heterocycles. The van der Waals surface area contributed by atoms with E-state index in [4.69, 9.17) is 0 Å². The predicted molar refractivity (Wildman–Crippen MR) is 145 cm³/mol. The molecule has 0 spiro atoms. The third-order valence-electron chi connectivity index (χ3n) is 7.67. The van der Waals surface area contributed by atoms with E-state index >= 15 is 0 Å².